The van der Waals surface area contributed by atoms with Crippen molar-refractivity contribution in [3.63, 3.8) is 0 Å². The van der Waals surface area contributed by atoms with Gasteiger partial charge in [-0.1, -0.05) is 42.5 Å². The summed E-state index contributed by atoms with van der Waals surface area (Å²) >= 11 is 0. The van der Waals surface area contributed by atoms with Gasteiger partial charge in [0.2, 0.25) is 5.75 Å². The first-order valence-corrected chi connectivity index (χ1v) is 8.53. The highest BCUT2D eigenvalue weighted by Crippen LogP contribution is 2.31. The monoisotopic (exact) mass is 403 g/mol. The Morgan fingerprint density at radius 1 is 1.14 bits per heavy atom. The van der Waals surface area contributed by atoms with Gasteiger partial charge in [-0.25, -0.2) is 4.98 Å². The molecular weight excluding hydrogens is 387 g/mol. The van der Waals surface area contributed by atoms with Crippen LogP contribution in [0.2, 0.25) is 0 Å². The number of amides is 1. The second-order valence-corrected chi connectivity index (χ2v) is 6.30. The van der Waals surface area contributed by atoms with Crippen molar-refractivity contribution in [1.82, 2.24) is 15.3 Å². The van der Waals surface area contributed by atoms with Crippen LogP contribution in [0.25, 0.3) is 11.4 Å². The third-order valence-electron chi connectivity index (χ3n) is 4.22. The molecule has 150 valence electrons. The van der Waals surface area contributed by atoms with Gasteiger partial charge in [0.05, 0.1) is 11.6 Å². The minimum atomic E-state index is -4.58. The highest BCUT2D eigenvalue weighted by molar-refractivity contribution is 5.95. The smallest absolute Gasteiger partial charge is 0.416 e. The van der Waals surface area contributed by atoms with Crippen molar-refractivity contribution in [2.24, 2.45) is 0 Å². The number of carbonyl (C=O) groups is 1. The molecule has 0 aliphatic heterocycles. The number of alkyl halides is 3. The Bertz CT molecular complexity index is 1100. The molecule has 0 radical (unpaired) electrons. The van der Waals surface area contributed by atoms with Crippen LogP contribution in [0.15, 0.2) is 59.4 Å². The Labute approximate surface area is 163 Å². The number of hydrogen-bond acceptors (Lipinski definition) is 4. The van der Waals surface area contributed by atoms with E-state index in [0.717, 1.165) is 23.8 Å². The number of nitrogens with zero attached hydrogens (tertiary/aromatic N) is 1. The molecule has 0 spiro atoms. The van der Waals surface area contributed by atoms with Crippen LogP contribution >= 0.6 is 0 Å². The van der Waals surface area contributed by atoms with Crippen molar-refractivity contribution in [2.45, 2.75) is 19.1 Å². The zero-order valence-corrected chi connectivity index (χ0v) is 15.1. The third kappa shape index (κ3) is 4.45. The Morgan fingerprint density at radius 3 is 2.48 bits per heavy atom. The third-order valence-corrected chi connectivity index (χ3v) is 4.22. The number of aromatic hydroxyl groups is 1. The molecule has 6 nitrogen and oxygen atoms in total. The molecule has 0 aliphatic carbocycles. The number of hydrogen-bond donors (Lipinski definition) is 3. The number of H-pyrrole nitrogens is 1. The first-order chi connectivity index (χ1) is 13.7. The van der Waals surface area contributed by atoms with Crippen molar-refractivity contribution in [3.05, 3.63) is 81.8 Å². The lowest BCUT2D eigenvalue weighted by Crippen LogP contribution is -2.29. The van der Waals surface area contributed by atoms with E-state index in [-0.39, 0.29) is 11.4 Å². The van der Waals surface area contributed by atoms with Gasteiger partial charge in [-0.15, -0.1) is 0 Å². The zero-order chi connectivity index (χ0) is 21.2. The van der Waals surface area contributed by atoms with Gasteiger partial charge < -0.3 is 15.4 Å². The fourth-order valence-corrected chi connectivity index (χ4v) is 2.69. The van der Waals surface area contributed by atoms with Crippen LogP contribution < -0.4 is 10.9 Å². The van der Waals surface area contributed by atoms with Gasteiger partial charge in [-0.2, -0.15) is 13.2 Å². The first-order valence-electron chi connectivity index (χ1n) is 8.53. The van der Waals surface area contributed by atoms with Crippen molar-refractivity contribution < 1.29 is 23.1 Å². The molecule has 3 aromatic rings. The molecule has 1 amide bonds. The molecule has 3 rings (SSSR count). The summed E-state index contributed by atoms with van der Waals surface area (Å²) in [6.07, 6.45) is -4.58. The van der Waals surface area contributed by atoms with E-state index in [1.165, 1.54) is 6.07 Å². The van der Waals surface area contributed by atoms with Crippen molar-refractivity contribution in [1.29, 1.82) is 0 Å². The van der Waals surface area contributed by atoms with E-state index in [0.29, 0.717) is 0 Å². The molecule has 9 heteroatoms. The van der Waals surface area contributed by atoms with Gasteiger partial charge in [-0.3, -0.25) is 9.59 Å². The normalized spacial score (nSPS) is 12.4. The summed E-state index contributed by atoms with van der Waals surface area (Å²) in [5, 5.41) is 12.6. The molecule has 29 heavy (non-hydrogen) atoms. The molecule has 1 atom stereocenters. The highest BCUT2D eigenvalue weighted by Gasteiger charge is 2.31. The number of aromatic nitrogens is 2. The van der Waals surface area contributed by atoms with Gasteiger partial charge in [0.25, 0.3) is 11.5 Å². The summed E-state index contributed by atoms with van der Waals surface area (Å²) < 4.78 is 38.8. The van der Waals surface area contributed by atoms with Crippen molar-refractivity contribution in [2.75, 3.05) is 0 Å². The Hall–Kier alpha value is -3.62. The molecule has 0 bridgehead atoms. The lowest BCUT2D eigenvalue weighted by molar-refractivity contribution is -0.137. The number of halogens is 3. The summed E-state index contributed by atoms with van der Waals surface area (Å²) in [6, 6.07) is 12.6. The SMILES string of the molecule is CC(NC(=O)c1nc(-c2cccc(C(F)(F)F)c2)[nH]c(=O)c1O)c1ccccc1. The number of nitrogens with one attached hydrogen (secondary N) is 2. The molecule has 0 saturated heterocycles. The van der Waals surface area contributed by atoms with Gasteiger partial charge in [-0.05, 0) is 24.6 Å². The quantitative estimate of drug-likeness (QED) is 0.620. The molecule has 1 aromatic heterocycles. The maximum atomic E-state index is 12.9. The van der Waals surface area contributed by atoms with Crippen LogP contribution in [0.1, 0.15) is 34.6 Å². The standard InChI is InChI=1S/C20H16F3N3O3/c1-11(12-6-3-2-4-7-12)24-18(28)15-16(27)19(29)26-17(25-15)13-8-5-9-14(10-13)20(21,22)23/h2-11,27H,1H3,(H,24,28)(H,25,26,29). The predicted molar refractivity (Wildman–Crippen MR) is 99.3 cm³/mol. The number of rotatable bonds is 4. The fourth-order valence-electron chi connectivity index (χ4n) is 2.69. The summed E-state index contributed by atoms with van der Waals surface area (Å²) in [5.74, 6) is -2.02. The lowest BCUT2D eigenvalue weighted by Gasteiger charge is -2.15. The molecule has 1 unspecified atom stereocenters. The minimum absolute atomic E-state index is 0.0536. The molecule has 0 fully saturated rings. The van der Waals surface area contributed by atoms with E-state index in [1.807, 2.05) is 6.07 Å². The maximum absolute atomic E-state index is 12.9. The lowest BCUT2D eigenvalue weighted by atomic mass is 10.1. The summed E-state index contributed by atoms with van der Waals surface area (Å²) in [5.41, 5.74) is -1.83. The van der Waals surface area contributed by atoms with Crippen molar-refractivity contribution in [3.8, 4) is 17.1 Å². The summed E-state index contributed by atoms with van der Waals surface area (Å²) in [7, 11) is 0. The highest BCUT2D eigenvalue weighted by atomic mass is 19.4. The number of carbonyl (C=O) groups excluding carboxylic acids is 1. The van der Waals surface area contributed by atoms with Crippen LogP contribution in [0.4, 0.5) is 13.2 Å². The first kappa shape index (κ1) is 20.1. The topological polar surface area (TPSA) is 95.1 Å². The van der Waals surface area contributed by atoms with Gasteiger partial charge in [0.1, 0.15) is 5.82 Å². The van der Waals surface area contributed by atoms with E-state index in [2.05, 4.69) is 15.3 Å². The van der Waals surface area contributed by atoms with Crippen LogP contribution in [0.3, 0.4) is 0 Å². The zero-order valence-electron chi connectivity index (χ0n) is 15.1. The Kier molecular flexibility index (Phi) is 5.40. The molecule has 0 saturated carbocycles. The van der Waals surface area contributed by atoms with E-state index in [9.17, 15) is 27.9 Å². The van der Waals surface area contributed by atoms with Gasteiger partial charge in [0, 0.05) is 5.56 Å². The minimum Gasteiger partial charge on any atom is -0.501 e. The van der Waals surface area contributed by atoms with Crippen LogP contribution in [-0.2, 0) is 6.18 Å². The number of benzene rings is 2. The Balaban J connectivity index is 1.96. The van der Waals surface area contributed by atoms with E-state index >= 15 is 0 Å². The molecule has 2 aromatic carbocycles. The molecular formula is C20H16F3N3O3. The fraction of sp³-hybridized carbons (Fsp3) is 0.150. The van der Waals surface area contributed by atoms with Gasteiger partial charge in [0.15, 0.2) is 5.69 Å². The summed E-state index contributed by atoms with van der Waals surface area (Å²) in [4.78, 5) is 30.6. The average molecular weight is 403 g/mol. The van der Waals surface area contributed by atoms with Gasteiger partial charge >= 0.3 is 6.18 Å². The second kappa shape index (κ2) is 7.78. The largest absolute Gasteiger partial charge is 0.501 e. The predicted octanol–water partition coefficient (Wildman–Crippen LogP) is 3.65. The van der Waals surface area contributed by atoms with E-state index in [1.54, 1.807) is 31.2 Å². The van der Waals surface area contributed by atoms with Crippen LogP contribution in [0.5, 0.6) is 5.75 Å². The Morgan fingerprint density at radius 2 is 1.83 bits per heavy atom. The molecule has 0 aliphatic rings. The van der Waals surface area contributed by atoms with Crippen LogP contribution in [0, 0.1) is 0 Å². The second-order valence-electron chi connectivity index (χ2n) is 6.30. The molecule has 1 heterocycles. The number of aromatic amines is 1. The van der Waals surface area contributed by atoms with E-state index < -0.39 is 40.7 Å². The maximum Gasteiger partial charge on any atom is 0.416 e. The summed E-state index contributed by atoms with van der Waals surface area (Å²) in [6.45, 7) is 1.70. The average Bonchev–Trinajstić information content (AvgIpc) is 2.70. The van der Waals surface area contributed by atoms with E-state index in [4.69, 9.17) is 0 Å². The van der Waals surface area contributed by atoms with Crippen molar-refractivity contribution >= 4 is 5.91 Å². The van der Waals surface area contributed by atoms with Crippen LogP contribution in [-0.4, -0.2) is 21.0 Å². The molecule has 3 N–H and O–H groups in total.